The highest BCUT2D eigenvalue weighted by Crippen LogP contribution is 2.21. The van der Waals surface area contributed by atoms with Gasteiger partial charge >= 0.3 is 0 Å². The van der Waals surface area contributed by atoms with E-state index < -0.39 is 6.10 Å². The molecule has 0 aliphatic carbocycles. The summed E-state index contributed by atoms with van der Waals surface area (Å²) in [5, 5.41) is 2.86. The van der Waals surface area contributed by atoms with Crippen LogP contribution in [0.15, 0.2) is 78.9 Å². The van der Waals surface area contributed by atoms with E-state index in [1.54, 1.807) is 36.4 Å². The summed E-state index contributed by atoms with van der Waals surface area (Å²) in [6.45, 7) is 3.86. The molecule has 0 saturated heterocycles. The molecular formula is C24H23NO3. The predicted octanol–water partition coefficient (Wildman–Crippen LogP) is 5.02. The fourth-order valence-electron chi connectivity index (χ4n) is 2.92. The minimum Gasteiger partial charge on any atom is -0.481 e. The van der Waals surface area contributed by atoms with Crippen molar-refractivity contribution < 1.29 is 14.3 Å². The van der Waals surface area contributed by atoms with Gasteiger partial charge in [0.25, 0.3) is 5.91 Å². The summed E-state index contributed by atoms with van der Waals surface area (Å²) in [5.74, 6) is 0.233. The van der Waals surface area contributed by atoms with Crippen molar-refractivity contribution in [3.05, 3.63) is 95.6 Å². The van der Waals surface area contributed by atoms with Crippen LogP contribution in [-0.4, -0.2) is 17.8 Å². The second-order valence-corrected chi connectivity index (χ2v) is 6.56. The number of hydrogen-bond acceptors (Lipinski definition) is 3. The molecule has 1 amide bonds. The van der Waals surface area contributed by atoms with E-state index in [-0.39, 0.29) is 11.7 Å². The third kappa shape index (κ3) is 4.65. The molecule has 3 aromatic carbocycles. The van der Waals surface area contributed by atoms with E-state index in [0.29, 0.717) is 29.0 Å². The van der Waals surface area contributed by atoms with E-state index in [1.807, 2.05) is 56.3 Å². The molecule has 3 rings (SSSR count). The minimum absolute atomic E-state index is 0.135. The Kier molecular flexibility index (Phi) is 6.22. The highest BCUT2D eigenvalue weighted by molar-refractivity contribution is 6.14. The maximum Gasteiger partial charge on any atom is 0.265 e. The molecule has 0 aromatic heterocycles. The van der Waals surface area contributed by atoms with Crippen LogP contribution in [0.2, 0.25) is 0 Å². The number of ketones is 1. The third-order valence-corrected chi connectivity index (χ3v) is 4.40. The summed E-state index contributed by atoms with van der Waals surface area (Å²) in [6.07, 6.45) is -0.143. The Hall–Kier alpha value is -3.40. The molecule has 0 aliphatic heterocycles. The van der Waals surface area contributed by atoms with Crippen molar-refractivity contribution in [2.24, 2.45) is 0 Å². The van der Waals surface area contributed by atoms with Crippen molar-refractivity contribution in [3.63, 3.8) is 0 Å². The van der Waals surface area contributed by atoms with Gasteiger partial charge in [-0.25, -0.2) is 0 Å². The van der Waals surface area contributed by atoms with Crippen LogP contribution in [0.4, 0.5) is 5.69 Å². The van der Waals surface area contributed by atoms with Gasteiger partial charge in [-0.15, -0.1) is 0 Å². The molecule has 0 bridgehead atoms. The molecule has 1 unspecified atom stereocenters. The number of anilines is 1. The molecule has 4 nitrogen and oxygen atoms in total. The van der Waals surface area contributed by atoms with Gasteiger partial charge in [0.05, 0.1) is 5.69 Å². The van der Waals surface area contributed by atoms with Gasteiger partial charge in [0, 0.05) is 11.1 Å². The van der Waals surface area contributed by atoms with Crippen molar-refractivity contribution in [2.45, 2.75) is 26.4 Å². The van der Waals surface area contributed by atoms with Crippen LogP contribution < -0.4 is 10.1 Å². The van der Waals surface area contributed by atoms with Crippen LogP contribution in [0.1, 0.15) is 34.8 Å². The van der Waals surface area contributed by atoms with Gasteiger partial charge < -0.3 is 10.1 Å². The minimum atomic E-state index is -0.651. The zero-order valence-corrected chi connectivity index (χ0v) is 16.0. The van der Waals surface area contributed by atoms with E-state index in [0.717, 1.165) is 5.56 Å². The second kappa shape index (κ2) is 9.00. The van der Waals surface area contributed by atoms with E-state index in [2.05, 4.69) is 5.32 Å². The highest BCUT2D eigenvalue weighted by Gasteiger charge is 2.21. The Bertz CT molecular complexity index is 966. The van der Waals surface area contributed by atoms with Crippen molar-refractivity contribution in [1.82, 2.24) is 0 Å². The molecule has 0 radical (unpaired) electrons. The number of nitrogens with one attached hydrogen (secondary N) is 1. The number of para-hydroxylation sites is 1. The summed E-state index contributed by atoms with van der Waals surface area (Å²) in [6, 6.07) is 23.6. The molecular weight excluding hydrogens is 350 g/mol. The number of rotatable bonds is 7. The number of aryl methyl sites for hydroxylation is 1. The molecule has 0 fully saturated rings. The maximum absolute atomic E-state index is 12.8. The molecule has 0 saturated carbocycles. The lowest BCUT2D eigenvalue weighted by molar-refractivity contribution is -0.122. The van der Waals surface area contributed by atoms with Gasteiger partial charge in [-0.05, 0) is 43.2 Å². The molecule has 0 heterocycles. The Morgan fingerprint density at radius 3 is 2.36 bits per heavy atom. The van der Waals surface area contributed by atoms with Gasteiger partial charge in [-0.2, -0.15) is 0 Å². The molecule has 0 spiro atoms. The van der Waals surface area contributed by atoms with Crippen molar-refractivity contribution in [1.29, 1.82) is 0 Å². The van der Waals surface area contributed by atoms with Crippen LogP contribution in [-0.2, 0) is 4.79 Å². The van der Waals surface area contributed by atoms with Gasteiger partial charge in [0.1, 0.15) is 5.75 Å². The molecule has 1 N–H and O–H groups in total. The number of benzene rings is 3. The Balaban J connectivity index is 1.79. The van der Waals surface area contributed by atoms with Crippen molar-refractivity contribution in [2.75, 3.05) is 5.32 Å². The average molecular weight is 373 g/mol. The summed E-state index contributed by atoms with van der Waals surface area (Å²) in [4.78, 5) is 25.6. The SMILES string of the molecule is CCC(Oc1cccc(C)c1)C(=O)Nc1ccccc1C(=O)c1ccccc1. The van der Waals surface area contributed by atoms with E-state index in [1.165, 1.54) is 0 Å². The summed E-state index contributed by atoms with van der Waals surface area (Å²) in [7, 11) is 0. The van der Waals surface area contributed by atoms with Gasteiger partial charge in [-0.1, -0.05) is 61.5 Å². The van der Waals surface area contributed by atoms with Gasteiger partial charge in [0.2, 0.25) is 0 Å². The lowest BCUT2D eigenvalue weighted by atomic mass is 10.0. The van der Waals surface area contributed by atoms with Gasteiger partial charge in [0.15, 0.2) is 11.9 Å². The zero-order valence-electron chi connectivity index (χ0n) is 16.0. The molecule has 4 heteroatoms. The normalized spacial score (nSPS) is 11.5. The van der Waals surface area contributed by atoms with E-state index in [4.69, 9.17) is 4.74 Å². The van der Waals surface area contributed by atoms with Crippen LogP contribution in [0, 0.1) is 6.92 Å². The fraction of sp³-hybridized carbons (Fsp3) is 0.167. The Morgan fingerprint density at radius 2 is 1.64 bits per heavy atom. The highest BCUT2D eigenvalue weighted by atomic mass is 16.5. The predicted molar refractivity (Wildman–Crippen MR) is 111 cm³/mol. The number of hydrogen-bond donors (Lipinski definition) is 1. The monoisotopic (exact) mass is 373 g/mol. The first-order valence-electron chi connectivity index (χ1n) is 9.31. The quantitative estimate of drug-likeness (QED) is 0.592. The zero-order chi connectivity index (χ0) is 19.9. The topological polar surface area (TPSA) is 55.4 Å². The fourth-order valence-corrected chi connectivity index (χ4v) is 2.92. The first kappa shape index (κ1) is 19.4. The molecule has 142 valence electrons. The second-order valence-electron chi connectivity index (χ2n) is 6.56. The van der Waals surface area contributed by atoms with E-state index >= 15 is 0 Å². The summed E-state index contributed by atoms with van der Waals surface area (Å²) in [5.41, 5.74) is 2.57. The van der Waals surface area contributed by atoms with Crippen LogP contribution in [0.5, 0.6) is 5.75 Å². The number of amides is 1. The first-order valence-corrected chi connectivity index (χ1v) is 9.31. The third-order valence-electron chi connectivity index (χ3n) is 4.40. The summed E-state index contributed by atoms with van der Waals surface area (Å²) < 4.78 is 5.87. The molecule has 0 aliphatic rings. The maximum atomic E-state index is 12.8. The standard InChI is InChI=1S/C24H23NO3/c1-3-22(28-19-13-9-10-17(2)16-19)24(27)25-21-15-8-7-14-20(21)23(26)18-11-5-4-6-12-18/h4-16,22H,3H2,1-2H3,(H,25,27). The first-order chi connectivity index (χ1) is 13.6. The molecule has 3 aromatic rings. The number of carbonyl (C=O) groups excluding carboxylic acids is 2. The van der Waals surface area contributed by atoms with E-state index in [9.17, 15) is 9.59 Å². The smallest absolute Gasteiger partial charge is 0.265 e. The van der Waals surface area contributed by atoms with Crippen molar-refractivity contribution in [3.8, 4) is 5.75 Å². The molecule has 1 atom stereocenters. The molecule has 28 heavy (non-hydrogen) atoms. The Labute approximate surface area is 165 Å². The lowest BCUT2D eigenvalue weighted by Gasteiger charge is -2.18. The van der Waals surface area contributed by atoms with Crippen LogP contribution in [0.25, 0.3) is 0 Å². The lowest BCUT2D eigenvalue weighted by Crippen LogP contribution is -2.33. The number of ether oxygens (including phenoxy) is 1. The van der Waals surface area contributed by atoms with Crippen LogP contribution >= 0.6 is 0 Å². The van der Waals surface area contributed by atoms with Crippen molar-refractivity contribution >= 4 is 17.4 Å². The summed E-state index contributed by atoms with van der Waals surface area (Å²) >= 11 is 0. The largest absolute Gasteiger partial charge is 0.481 e. The average Bonchev–Trinajstić information content (AvgIpc) is 2.72. The van der Waals surface area contributed by atoms with Gasteiger partial charge in [-0.3, -0.25) is 9.59 Å². The Morgan fingerprint density at radius 1 is 0.929 bits per heavy atom. The van der Waals surface area contributed by atoms with Crippen LogP contribution in [0.3, 0.4) is 0 Å². The number of carbonyl (C=O) groups is 2.